The number of anilines is 1. The highest BCUT2D eigenvalue weighted by Gasteiger charge is 2.26. The number of hydrogen-bond donors (Lipinski definition) is 1. The van der Waals surface area contributed by atoms with E-state index in [4.69, 9.17) is 5.73 Å². The van der Waals surface area contributed by atoms with Crippen LogP contribution in [-0.2, 0) is 6.42 Å². The van der Waals surface area contributed by atoms with Crippen LogP contribution in [0, 0.1) is 5.92 Å². The SMILES string of the molecule is NCCc1ccc(N2CCN(CC3CC3)CC2)cc1Br. The Morgan fingerprint density at radius 2 is 1.90 bits per heavy atom. The van der Waals surface area contributed by atoms with Crippen molar-refractivity contribution in [3.8, 4) is 0 Å². The van der Waals surface area contributed by atoms with Gasteiger partial charge in [-0.3, -0.25) is 4.90 Å². The number of benzene rings is 1. The summed E-state index contributed by atoms with van der Waals surface area (Å²) in [6.07, 6.45) is 3.85. The first-order valence-electron chi connectivity index (χ1n) is 7.72. The average Bonchev–Trinajstić information content (AvgIpc) is 3.26. The molecule has 0 radical (unpaired) electrons. The van der Waals surface area contributed by atoms with Gasteiger partial charge in [-0.2, -0.15) is 0 Å². The van der Waals surface area contributed by atoms with Crippen molar-refractivity contribution in [1.82, 2.24) is 4.90 Å². The van der Waals surface area contributed by atoms with E-state index in [1.54, 1.807) is 0 Å². The Balaban J connectivity index is 1.58. The third-order valence-electron chi connectivity index (χ3n) is 4.40. The summed E-state index contributed by atoms with van der Waals surface area (Å²) in [5.41, 5.74) is 8.28. The van der Waals surface area contributed by atoms with Crippen LogP contribution in [0.1, 0.15) is 18.4 Å². The zero-order valence-corrected chi connectivity index (χ0v) is 13.6. The van der Waals surface area contributed by atoms with Gasteiger partial charge in [-0.1, -0.05) is 22.0 Å². The summed E-state index contributed by atoms with van der Waals surface area (Å²) in [7, 11) is 0. The topological polar surface area (TPSA) is 32.5 Å². The molecule has 0 amide bonds. The van der Waals surface area contributed by atoms with E-state index in [1.807, 2.05) is 0 Å². The number of piperazine rings is 1. The van der Waals surface area contributed by atoms with E-state index in [1.165, 1.54) is 48.2 Å². The molecule has 3 nitrogen and oxygen atoms in total. The smallest absolute Gasteiger partial charge is 0.0378 e. The summed E-state index contributed by atoms with van der Waals surface area (Å²) in [5, 5.41) is 0. The van der Waals surface area contributed by atoms with Gasteiger partial charge < -0.3 is 10.6 Å². The van der Waals surface area contributed by atoms with Crippen molar-refractivity contribution in [3.63, 3.8) is 0 Å². The summed E-state index contributed by atoms with van der Waals surface area (Å²) >= 11 is 3.67. The molecule has 0 spiro atoms. The van der Waals surface area contributed by atoms with Crippen LogP contribution in [0.25, 0.3) is 0 Å². The number of nitrogens with zero attached hydrogens (tertiary/aromatic N) is 2. The second-order valence-electron chi connectivity index (χ2n) is 6.05. The molecule has 1 aromatic rings. The van der Waals surface area contributed by atoms with Gasteiger partial charge in [-0.05, 0) is 49.4 Å². The molecule has 2 N–H and O–H groups in total. The van der Waals surface area contributed by atoms with Crippen LogP contribution < -0.4 is 10.6 Å². The zero-order valence-electron chi connectivity index (χ0n) is 12.0. The Morgan fingerprint density at radius 3 is 2.50 bits per heavy atom. The van der Waals surface area contributed by atoms with Gasteiger partial charge in [0.05, 0.1) is 0 Å². The summed E-state index contributed by atoms with van der Waals surface area (Å²) in [4.78, 5) is 5.13. The normalized spacial score (nSPS) is 20.4. The number of nitrogens with two attached hydrogens (primary N) is 1. The fourth-order valence-corrected chi connectivity index (χ4v) is 3.51. The van der Waals surface area contributed by atoms with Gasteiger partial charge in [-0.25, -0.2) is 0 Å². The lowest BCUT2D eigenvalue weighted by atomic mass is 10.1. The lowest BCUT2D eigenvalue weighted by Crippen LogP contribution is -2.47. The first kappa shape index (κ1) is 14.4. The van der Waals surface area contributed by atoms with E-state index < -0.39 is 0 Å². The molecule has 0 aromatic heterocycles. The molecule has 0 bridgehead atoms. The van der Waals surface area contributed by atoms with Crippen molar-refractivity contribution in [2.45, 2.75) is 19.3 Å². The van der Waals surface area contributed by atoms with Crippen molar-refractivity contribution in [2.24, 2.45) is 11.7 Å². The fraction of sp³-hybridized carbons (Fsp3) is 0.625. The monoisotopic (exact) mass is 337 g/mol. The quantitative estimate of drug-likeness (QED) is 0.895. The Morgan fingerprint density at radius 1 is 1.15 bits per heavy atom. The van der Waals surface area contributed by atoms with Gasteiger partial charge in [0.1, 0.15) is 0 Å². The molecule has 1 saturated heterocycles. The fourth-order valence-electron chi connectivity index (χ4n) is 2.95. The van der Waals surface area contributed by atoms with E-state index in [2.05, 4.69) is 43.9 Å². The highest BCUT2D eigenvalue weighted by atomic mass is 79.9. The van der Waals surface area contributed by atoms with Gasteiger partial charge in [0.2, 0.25) is 0 Å². The molecule has 20 heavy (non-hydrogen) atoms. The standard InChI is InChI=1S/C16H24BrN3/c17-16-11-15(4-3-14(16)5-6-18)20-9-7-19(8-10-20)12-13-1-2-13/h3-4,11,13H,1-2,5-10,12,18H2. The maximum absolute atomic E-state index is 5.63. The highest BCUT2D eigenvalue weighted by molar-refractivity contribution is 9.10. The Kier molecular flexibility index (Phi) is 4.64. The van der Waals surface area contributed by atoms with E-state index >= 15 is 0 Å². The van der Waals surface area contributed by atoms with Crippen molar-refractivity contribution in [3.05, 3.63) is 28.2 Å². The largest absolute Gasteiger partial charge is 0.369 e. The first-order valence-corrected chi connectivity index (χ1v) is 8.51. The molecule has 0 atom stereocenters. The van der Waals surface area contributed by atoms with E-state index in [0.29, 0.717) is 6.54 Å². The molecular formula is C16H24BrN3. The van der Waals surface area contributed by atoms with Crippen LogP contribution in [-0.4, -0.2) is 44.2 Å². The number of rotatable bonds is 5. The minimum Gasteiger partial charge on any atom is -0.369 e. The first-order chi connectivity index (χ1) is 9.76. The minimum absolute atomic E-state index is 0.706. The molecule has 1 aliphatic carbocycles. The summed E-state index contributed by atoms with van der Waals surface area (Å²) in [5.74, 6) is 1.01. The van der Waals surface area contributed by atoms with Gasteiger partial charge >= 0.3 is 0 Å². The van der Waals surface area contributed by atoms with Crippen LogP contribution in [0.5, 0.6) is 0 Å². The molecule has 110 valence electrons. The lowest BCUT2D eigenvalue weighted by molar-refractivity contribution is 0.248. The molecular weight excluding hydrogens is 314 g/mol. The van der Waals surface area contributed by atoms with Crippen molar-refractivity contribution >= 4 is 21.6 Å². The van der Waals surface area contributed by atoms with Gasteiger partial charge in [0.25, 0.3) is 0 Å². The van der Waals surface area contributed by atoms with Crippen molar-refractivity contribution in [2.75, 3.05) is 44.2 Å². The molecule has 1 heterocycles. The average molecular weight is 338 g/mol. The van der Waals surface area contributed by atoms with Crippen LogP contribution in [0.15, 0.2) is 22.7 Å². The van der Waals surface area contributed by atoms with Crippen LogP contribution in [0.2, 0.25) is 0 Å². The van der Waals surface area contributed by atoms with E-state index in [9.17, 15) is 0 Å². The molecule has 3 rings (SSSR count). The van der Waals surface area contributed by atoms with Crippen LogP contribution in [0.4, 0.5) is 5.69 Å². The number of halogens is 1. The predicted octanol–water partition coefficient (Wildman–Crippen LogP) is 2.48. The van der Waals surface area contributed by atoms with E-state index in [-0.39, 0.29) is 0 Å². The molecule has 1 aliphatic heterocycles. The van der Waals surface area contributed by atoms with Crippen molar-refractivity contribution in [1.29, 1.82) is 0 Å². The third kappa shape index (κ3) is 3.54. The zero-order chi connectivity index (χ0) is 13.9. The Labute approximate surface area is 130 Å². The second kappa shape index (κ2) is 6.46. The van der Waals surface area contributed by atoms with Crippen LogP contribution in [0.3, 0.4) is 0 Å². The number of hydrogen-bond acceptors (Lipinski definition) is 3. The third-order valence-corrected chi connectivity index (χ3v) is 5.14. The van der Waals surface area contributed by atoms with Crippen LogP contribution >= 0.6 is 15.9 Å². The molecule has 4 heteroatoms. The highest BCUT2D eigenvalue weighted by Crippen LogP contribution is 2.30. The predicted molar refractivity (Wildman–Crippen MR) is 88.3 cm³/mol. The van der Waals surface area contributed by atoms with E-state index in [0.717, 1.165) is 25.4 Å². The lowest BCUT2D eigenvalue weighted by Gasteiger charge is -2.36. The molecule has 2 aliphatic rings. The summed E-state index contributed by atoms with van der Waals surface area (Å²) < 4.78 is 1.20. The summed E-state index contributed by atoms with van der Waals surface area (Å²) in [6, 6.07) is 6.71. The second-order valence-corrected chi connectivity index (χ2v) is 6.90. The molecule has 1 aromatic carbocycles. The Bertz CT molecular complexity index is 451. The summed E-state index contributed by atoms with van der Waals surface area (Å²) in [6.45, 7) is 6.74. The molecule has 2 fully saturated rings. The van der Waals surface area contributed by atoms with Gasteiger partial charge in [0, 0.05) is 42.9 Å². The van der Waals surface area contributed by atoms with Gasteiger partial charge in [-0.15, -0.1) is 0 Å². The molecule has 0 unspecified atom stereocenters. The maximum Gasteiger partial charge on any atom is 0.0378 e. The molecule has 1 saturated carbocycles. The minimum atomic E-state index is 0.706. The Hall–Kier alpha value is -0.580. The maximum atomic E-state index is 5.63. The van der Waals surface area contributed by atoms with Crippen molar-refractivity contribution < 1.29 is 0 Å². The van der Waals surface area contributed by atoms with Gasteiger partial charge in [0.15, 0.2) is 0 Å².